The molecule has 0 unspecified atom stereocenters. The molecule has 7 heteroatoms. The fourth-order valence-corrected chi connectivity index (χ4v) is 2.57. The number of anilines is 1. The molecule has 4 N–H and O–H groups in total. The third kappa shape index (κ3) is 3.76. The summed E-state index contributed by atoms with van der Waals surface area (Å²) >= 11 is 0. The van der Waals surface area contributed by atoms with Crippen molar-refractivity contribution in [1.29, 1.82) is 0 Å². The highest BCUT2D eigenvalue weighted by Gasteiger charge is 2.20. The molecular weight excluding hydrogens is 266 g/mol. The number of nitrogens with one attached hydrogen (secondary N) is 2. The maximum atomic E-state index is 12.0. The number of piperidine rings is 1. The molecule has 0 spiro atoms. The van der Waals surface area contributed by atoms with Gasteiger partial charge in [0.05, 0.1) is 4.90 Å². The van der Waals surface area contributed by atoms with E-state index in [9.17, 15) is 13.2 Å². The number of hydrogen-bond donors (Lipinski definition) is 3. The number of nitrogens with two attached hydrogens (primary N) is 1. The summed E-state index contributed by atoms with van der Waals surface area (Å²) in [5.41, 5.74) is 0.580. The fourth-order valence-electron chi connectivity index (χ4n) is 2.06. The van der Waals surface area contributed by atoms with Crippen molar-refractivity contribution in [2.45, 2.75) is 17.7 Å². The van der Waals surface area contributed by atoms with Crippen LogP contribution in [0.25, 0.3) is 0 Å². The summed E-state index contributed by atoms with van der Waals surface area (Å²) < 4.78 is 22.2. The number of sulfonamides is 1. The average Bonchev–Trinajstić information content (AvgIpc) is 2.39. The number of hydrogen-bond acceptors (Lipinski definition) is 4. The number of primary sulfonamides is 1. The first kappa shape index (κ1) is 14.0. The largest absolute Gasteiger partial charge is 0.326 e. The Labute approximate surface area is 112 Å². The van der Waals surface area contributed by atoms with Crippen molar-refractivity contribution >= 4 is 21.6 Å². The van der Waals surface area contributed by atoms with Crippen LogP contribution in [0.1, 0.15) is 12.8 Å². The molecule has 2 rings (SSSR count). The highest BCUT2D eigenvalue weighted by Crippen LogP contribution is 2.17. The minimum Gasteiger partial charge on any atom is -0.326 e. The summed E-state index contributed by atoms with van der Waals surface area (Å²) in [6.07, 6.45) is 1.64. The van der Waals surface area contributed by atoms with Gasteiger partial charge in [0.1, 0.15) is 0 Å². The molecule has 6 nitrogen and oxygen atoms in total. The predicted octanol–water partition coefficient (Wildman–Crippen LogP) is 0.272. The van der Waals surface area contributed by atoms with Crippen molar-refractivity contribution < 1.29 is 13.2 Å². The molecule has 19 heavy (non-hydrogen) atoms. The number of carbonyl (C=O) groups excluding carboxylic acids is 1. The van der Waals surface area contributed by atoms with Gasteiger partial charge in [-0.3, -0.25) is 4.79 Å². The van der Waals surface area contributed by atoms with Crippen LogP contribution < -0.4 is 15.8 Å². The van der Waals surface area contributed by atoms with Crippen LogP contribution in [-0.2, 0) is 14.8 Å². The maximum Gasteiger partial charge on any atom is 0.238 e. The second kappa shape index (κ2) is 5.68. The minimum atomic E-state index is -3.69. The van der Waals surface area contributed by atoms with Crippen molar-refractivity contribution in [2.24, 2.45) is 11.1 Å². The first-order chi connectivity index (χ1) is 8.97. The van der Waals surface area contributed by atoms with Gasteiger partial charge in [-0.25, -0.2) is 13.6 Å². The zero-order valence-electron chi connectivity index (χ0n) is 10.4. The summed E-state index contributed by atoms with van der Waals surface area (Å²) in [6.45, 7) is 1.70. The lowest BCUT2D eigenvalue weighted by atomic mass is 9.97. The average molecular weight is 283 g/mol. The van der Waals surface area contributed by atoms with Crippen LogP contribution in [0.4, 0.5) is 5.69 Å². The van der Waals surface area contributed by atoms with E-state index in [1.165, 1.54) is 12.1 Å². The number of amides is 1. The van der Waals surface area contributed by atoms with E-state index >= 15 is 0 Å². The van der Waals surface area contributed by atoms with Crippen LogP contribution in [0.5, 0.6) is 0 Å². The highest BCUT2D eigenvalue weighted by molar-refractivity contribution is 7.89. The topological polar surface area (TPSA) is 101 Å². The molecule has 1 heterocycles. The van der Waals surface area contributed by atoms with Crippen molar-refractivity contribution in [3.8, 4) is 0 Å². The Balaban J connectivity index is 2.01. The Morgan fingerprint density at radius 1 is 1.21 bits per heavy atom. The molecule has 0 atom stereocenters. The lowest BCUT2D eigenvalue weighted by Crippen LogP contribution is -2.34. The van der Waals surface area contributed by atoms with E-state index < -0.39 is 10.0 Å². The second-order valence-corrected chi connectivity index (χ2v) is 6.14. The molecule has 0 aliphatic carbocycles. The molecule has 1 saturated heterocycles. The van der Waals surface area contributed by atoms with Crippen molar-refractivity contribution in [2.75, 3.05) is 18.4 Å². The molecule has 0 radical (unpaired) electrons. The second-order valence-electron chi connectivity index (χ2n) is 4.58. The van der Waals surface area contributed by atoms with Gasteiger partial charge in [0, 0.05) is 11.6 Å². The summed E-state index contributed by atoms with van der Waals surface area (Å²) in [5, 5.41) is 11.0. The Hall–Kier alpha value is -1.44. The molecule has 0 bridgehead atoms. The van der Waals surface area contributed by atoms with Crippen LogP contribution in [0.15, 0.2) is 29.2 Å². The molecule has 1 aliphatic heterocycles. The molecule has 1 fully saturated rings. The smallest absolute Gasteiger partial charge is 0.238 e. The van der Waals surface area contributed by atoms with Crippen molar-refractivity contribution in [1.82, 2.24) is 5.32 Å². The normalized spacial score (nSPS) is 17.1. The molecule has 0 saturated carbocycles. The number of benzene rings is 1. The SMILES string of the molecule is NS(=O)(=O)c1ccc(NC(=O)C2CCNCC2)cc1. The summed E-state index contributed by atoms with van der Waals surface area (Å²) in [6, 6.07) is 5.85. The maximum absolute atomic E-state index is 12.0. The van der Waals surface area contributed by atoms with Crippen molar-refractivity contribution in [3.05, 3.63) is 24.3 Å². The zero-order chi connectivity index (χ0) is 13.9. The van der Waals surface area contributed by atoms with Gasteiger partial charge in [0.25, 0.3) is 0 Å². The first-order valence-electron chi connectivity index (χ1n) is 6.11. The van der Waals surface area contributed by atoms with E-state index in [1.807, 2.05) is 0 Å². The van der Waals surface area contributed by atoms with Gasteiger partial charge in [0.15, 0.2) is 0 Å². The van der Waals surface area contributed by atoms with Crippen LogP contribution >= 0.6 is 0 Å². The monoisotopic (exact) mass is 283 g/mol. The van der Waals surface area contributed by atoms with Crippen molar-refractivity contribution in [3.63, 3.8) is 0 Å². The van der Waals surface area contributed by atoms with E-state index in [4.69, 9.17) is 5.14 Å². The Morgan fingerprint density at radius 3 is 2.32 bits per heavy atom. The van der Waals surface area contributed by atoms with Crippen LogP contribution in [0.3, 0.4) is 0 Å². The molecule has 1 aromatic carbocycles. The van der Waals surface area contributed by atoms with E-state index in [0.29, 0.717) is 5.69 Å². The van der Waals surface area contributed by atoms with Gasteiger partial charge in [0.2, 0.25) is 15.9 Å². The summed E-state index contributed by atoms with van der Waals surface area (Å²) in [4.78, 5) is 12.0. The summed E-state index contributed by atoms with van der Waals surface area (Å²) in [5.74, 6) is -0.0102. The van der Waals surface area contributed by atoms with Crippen LogP contribution in [-0.4, -0.2) is 27.4 Å². The number of rotatable bonds is 3. The fraction of sp³-hybridized carbons (Fsp3) is 0.417. The van der Waals surface area contributed by atoms with Gasteiger partial charge >= 0.3 is 0 Å². The minimum absolute atomic E-state index is 0.0131. The van der Waals surface area contributed by atoms with E-state index in [1.54, 1.807) is 12.1 Å². The number of carbonyl (C=O) groups is 1. The predicted molar refractivity (Wildman–Crippen MR) is 72.0 cm³/mol. The molecule has 0 aromatic heterocycles. The summed E-state index contributed by atoms with van der Waals surface area (Å²) in [7, 11) is -3.69. The van der Waals surface area contributed by atoms with Gasteiger partial charge in [-0.15, -0.1) is 0 Å². The Bertz CT molecular complexity index is 548. The van der Waals surface area contributed by atoms with Gasteiger partial charge in [-0.05, 0) is 50.2 Å². The first-order valence-corrected chi connectivity index (χ1v) is 7.66. The van der Waals surface area contributed by atoms with Gasteiger partial charge < -0.3 is 10.6 Å². The molecular formula is C12H17N3O3S. The quantitative estimate of drug-likeness (QED) is 0.741. The highest BCUT2D eigenvalue weighted by atomic mass is 32.2. The van der Waals surface area contributed by atoms with Gasteiger partial charge in [-0.2, -0.15) is 0 Å². The van der Waals surface area contributed by atoms with Gasteiger partial charge in [-0.1, -0.05) is 0 Å². The lowest BCUT2D eigenvalue weighted by Gasteiger charge is -2.21. The Kier molecular flexibility index (Phi) is 4.18. The third-order valence-electron chi connectivity index (χ3n) is 3.16. The lowest BCUT2D eigenvalue weighted by molar-refractivity contribution is -0.120. The zero-order valence-corrected chi connectivity index (χ0v) is 11.2. The molecule has 1 amide bonds. The van der Waals surface area contributed by atoms with E-state index in [0.717, 1.165) is 25.9 Å². The molecule has 104 valence electrons. The third-order valence-corrected chi connectivity index (χ3v) is 4.09. The van der Waals surface area contributed by atoms with Crippen LogP contribution in [0.2, 0.25) is 0 Å². The van der Waals surface area contributed by atoms with E-state index in [2.05, 4.69) is 10.6 Å². The Morgan fingerprint density at radius 2 is 1.79 bits per heavy atom. The molecule has 1 aromatic rings. The van der Waals surface area contributed by atoms with E-state index in [-0.39, 0.29) is 16.7 Å². The standard InChI is InChI=1S/C12H17N3O3S/c13-19(17,18)11-3-1-10(2-4-11)15-12(16)9-5-7-14-8-6-9/h1-4,9,14H,5-8H2,(H,15,16)(H2,13,17,18). The molecule has 1 aliphatic rings. The van der Waals surface area contributed by atoms with Crippen LogP contribution in [0, 0.1) is 5.92 Å².